The number of nitrogens with one attached hydrogen (secondary N) is 1. The maximum absolute atomic E-state index is 11.1. The SMILES string of the molecule is COc1cc(OC)c([N+](=O)[O-])cc1/C=N\Nc1nc2ccccc2s1. The summed E-state index contributed by atoms with van der Waals surface area (Å²) < 4.78 is 11.3. The Morgan fingerprint density at radius 1 is 1.24 bits per heavy atom. The highest BCUT2D eigenvalue weighted by Crippen LogP contribution is 2.33. The van der Waals surface area contributed by atoms with Gasteiger partial charge in [-0.3, -0.25) is 15.5 Å². The van der Waals surface area contributed by atoms with Gasteiger partial charge in [0, 0.05) is 17.7 Å². The first kappa shape index (κ1) is 16.7. The fourth-order valence-electron chi connectivity index (χ4n) is 2.23. The van der Waals surface area contributed by atoms with E-state index in [-0.39, 0.29) is 11.4 Å². The fraction of sp³-hybridized carbons (Fsp3) is 0.125. The minimum atomic E-state index is -0.517. The number of benzene rings is 2. The Labute approximate surface area is 146 Å². The van der Waals surface area contributed by atoms with Gasteiger partial charge in [0.25, 0.3) is 0 Å². The number of nitro benzene ring substituents is 1. The van der Waals surface area contributed by atoms with Crippen LogP contribution in [0.2, 0.25) is 0 Å². The summed E-state index contributed by atoms with van der Waals surface area (Å²) in [6.45, 7) is 0. The number of methoxy groups -OCH3 is 2. The number of anilines is 1. The first-order valence-electron chi connectivity index (χ1n) is 7.17. The summed E-state index contributed by atoms with van der Waals surface area (Å²) in [4.78, 5) is 15.0. The Hall–Kier alpha value is -3.20. The molecule has 0 saturated carbocycles. The molecule has 25 heavy (non-hydrogen) atoms. The Bertz CT molecular complexity index is 921. The number of thiazole rings is 1. The van der Waals surface area contributed by atoms with Crippen molar-refractivity contribution in [3.63, 3.8) is 0 Å². The topological polar surface area (TPSA) is 98.9 Å². The number of rotatable bonds is 6. The van der Waals surface area contributed by atoms with Crippen LogP contribution in [-0.2, 0) is 0 Å². The first-order chi connectivity index (χ1) is 12.1. The zero-order valence-electron chi connectivity index (χ0n) is 13.4. The summed E-state index contributed by atoms with van der Waals surface area (Å²) >= 11 is 1.46. The lowest BCUT2D eigenvalue weighted by Gasteiger charge is -2.08. The normalized spacial score (nSPS) is 11.0. The predicted molar refractivity (Wildman–Crippen MR) is 97.0 cm³/mol. The van der Waals surface area contributed by atoms with Crippen LogP contribution in [0.15, 0.2) is 41.5 Å². The fourth-order valence-corrected chi connectivity index (χ4v) is 3.04. The van der Waals surface area contributed by atoms with Crippen LogP contribution < -0.4 is 14.9 Å². The predicted octanol–water partition coefficient (Wildman–Crippen LogP) is 3.67. The molecular formula is C16H14N4O4S. The van der Waals surface area contributed by atoms with Gasteiger partial charge in [0.2, 0.25) is 10.9 Å². The number of aromatic nitrogens is 1. The lowest BCUT2D eigenvalue weighted by molar-refractivity contribution is -0.385. The monoisotopic (exact) mass is 358 g/mol. The van der Waals surface area contributed by atoms with Gasteiger partial charge in [-0.15, -0.1) is 0 Å². The number of hydrazone groups is 1. The summed E-state index contributed by atoms with van der Waals surface area (Å²) in [5.74, 6) is 0.537. The van der Waals surface area contributed by atoms with Crippen molar-refractivity contribution < 1.29 is 14.4 Å². The molecule has 0 bridgehead atoms. The average Bonchev–Trinajstić information content (AvgIpc) is 3.03. The molecule has 0 saturated heterocycles. The van der Waals surface area contributed by atoms with Crippen molar-refractivity contribution in [2.24, 2.45) is 5.10 Å². The maximum atomic E-state index is 11.1. The van der Waals surface area contributed by atoms with Crippen LogP contribution in [0.4, 0.5) is 10.8 Å². The lowest BCUT2D eigenvalue weighted by atomic mass is 10.1. The molecule has 0 aliphatic heterocycles. The van der Waals surface area contributed by atoms with E-state index in [2.05, 4.69) is 15.5 Å². The van der Waals surface area contributed by atoms with Crippen LogP contribution in [-0.4, -0.2) is 30.3 Å². The minimum absolute atomic E-state index is 0.123. The molecule has 3 aromatic rings. The molecule has 0 fully saturated rings. The molecule has 3 rings (SSSR count). The Morgan fingerprint density at radius 3 is 2.68 bits per heavy atom. The highest BCUT2D eigenvalue weighted by atomic mass is 32.1. The Morgan fingerprint density at radius 2 is 2.00 bits per heavy atom. The van der Waals surface area contributed by atoms with Crippen LogP contribution >= 0.6 is 11.3 Å². The highest BCUT2D eigenvalue weighted by molar-refractivity contribution is 7.22. The van der Waals surface area contributed by atoms with Crippen LogP contribution in [0.25, 0.3) is 10.2 Å². The van der Waals surface area contributed by atoms with Gasteiger partial charge in [-0.1, -0.05) is 23.5 Å². The van der Waals surface area contributed by atoms with E-state index in [9.17, 15) is 10.1 Å². The second-order valence-electron chi connectivity index (χ2n) is 4.88. The maximum Gasteiger partial charge on any atom is 0.311 e. The van der Waals surface area contributed by atoms with Crippen LogP contribution in [0, 0.1) is 10.1 Å². The van der Waals surface area contributed by atoms with E-state index >= 15 is 0 Å². The van der Waals surface area contributed by atoms with Gasteiger partial charge in [-0.25, -0.2) is 4.98 Å². The van der Waals surface area contributed by atoms with E-state index in [4.69, 9.17) is 9.47 Å². The van der Waals surface area contributed by atoms with E-state index in [0.717, 1.165) is 10.2 Å². The molecule has 0 radical (unpaired) electrons. The molecule has 0 aliphatic rings. The van der Waals surface area contributed by atoms with E-state index < -0.39 is 4.92 Å². The van der Waals surface area contributed by atoms with E-state index in [1.165, 1.54) is 43.9 Å². The zero-order chi connectivity index (χ0) is 17.8. The van der Waals surface area contributed by atoms with Crippen LogP contribution in [0.5, 0.6) is 11.5 Å². The molecular weight excluding hydrogens is 344 g/mol. The number of hydrogen-bond donors (Lipinski definition) is 1. The summed E-state index contributed by atoms with van der Waals surface area (Å²) in [5.41, 5.74) is 3.99. The molecule has 1 heterocycles. The van der Waals surface area contributed by atoms with Crippen molar-refractivity contribution in [1.82, 2.24) is 4.98 Å². The third-order valence-electron chi connectivity index (χ3n) is 3.39. The third-order valence-corrected chi connectivity index (χ3v) is 4.33. The Kier molecular flexibility index (Phi) is 4.75. The number of nitro groups is 1. The zero-order valence-corrected chi connectivity index (χ0v) is 14.2. The quantitative estimate of drug-likeness (QED) is 0.410. The van der Waals surface area contributed by atoms with Gasteiger partial charge in [0.15, 0.2) is 0 Å². The lowest BCUT2D eigenvalue weighted by Crippen LogP contribution is -1.99. The molecule has 2 aromatic carbocycles. The van der Waals surface area contributed by atoms with E-state index in [1.54, 1.807) is 0 Å². The molecule has 0 amide bonds. The molecule has 0 unspecified atom stereocenters. The van der Waals surface area contributed by atoms with E-state index in [1.807, 2.05) is 24.3 Å². The summed E-state index contributed by atoms with van der Waals surface area (Å²) in [7, 11) is 2.84. The number of fused-ring (bicyclic) bond motifs is 1. The molecule has 0 spiro atoms. The summed E-state index contributed by atoms with van der Waals surface area (Å²) in [6.07, 6.45) is 1.44. The third kappa shape index (κ3) is 3.50. The van der Waals surface area contributed by atoms with Gasteiger partial charge in [0.1, 0.15) is 5.75 Å². The standard InChI is InChI=1S/C16H14N4O4S/c1-23-13-8-14(24-2)12(20(21)22)7-10(13)9-17-19-16-18-11-5-3-4-6-15(11)25-16/h3-9H,1-2H3,(H,18,19)/b17-9-. The van der Waals surface area contributed by atoms with Gasteiger partial charge < -0.3 is 9.47 Å². The summed E-state index contributed by atoms with van der Waals surface area (Å²) in [5, 5.41) is 15.9. The van der Waals surface area contributed by atoms with Gasteiger partial charge in [-0.2, -0.15) is 5.10 Å². The molecule has 8 nitrogen and oxygen atoms in total. The molecule has 1 N–H and O–H groups in total. The van der Waals surface area contributed by atoms with Crippen molar-refractivity contribution in [3.8, 4) is 11.5 Å². The minimum Gasteiger partial charge on any atom is -0.496 e. The van der Waals surface area contributed by atoms with Crippen molar-refractivity contribution >= 4 is 38.6 Å². The molecule has 1 aromatic heterocycles. The number of ether oxygens (including phenoxy) is 2. The largest absolute Gasteiger partial charge is 0.496 e. The molecule has 128 valence electrons. The second kappa shape index (κ2) is 7.14. The van der Waals surface area contributed by atoms with Crippen molar-refractivity contribution in [3.05, 3.63) is 52.1 Å². The summed E-state index contributed by atoms with van der Waals surface area (Å²) in [6, 6.07) is 10.5. The molecule has 0 atom stereocenters. The molecule has 9 heteroatoms. The first-order valence-corrected chi connectivity index (χ1v) is 7.99. The second-order valence-corrected chi connectivity index (χ2v) is 5.91. The smallest absolute Gasteiger partial charge is 0.311 e. The van der Waals surface area contributed by atoms with Crippen LogP contribution in [0.1, 0.15) is 5.56 Å². The molecule has 0 aliphatic carbocycles. The number of nitrogens with zero attached hydrogens (tertiary/aromatic N) is 3. The highest BCUT2D eigenvalue weighted by Gasteiger charge is 2.18. The van der Waals surface area contributed by atoms with Crippen molar-refractivity contribution in [1.29, 1.82) is 0 Å². The van der Waals surface area contributed by atoms with Crippen LogP contribution in [0.3, 0.4) is 0 Å². The van der Waals surface area contributed by atoms with Gasteiger partial charge >= 0.3 is 5.69 Å². The average molecular weight is 358 g/mol. The van der Waals surface area contributed by atoms with Crippen molar-refractivity contribution in [2.75, 3.05) is 19.6 Å². The Balaban J connectivity index is 1.86. The number of para-hydroxylation sites is 1. The van der Waals surface area contributed by atoms with Gasteiger partial charge in [0.05, 0.1) is 35.6 Å². The van der Waals surface area contributed by atoms with Crippen molar-refractivity contribution in [2.45, 2.75) is 0 Å². The number of hydrogen-bond acceptors (Lipinski definition) is 8. The van der Waals surface area contributed by atoms with E-state index in [0.29, 0.717) is 16.4 Å². The van der Waals surface area contributed by atoms with Gasteiger partial charge in [-0.05, 0) is 12.1 Å².